The molecule has 0 unspecified atom stereocenters. The Hall–Kier alpha value is -2.38. The number of aliphatic hydroxyl groups excluding tert-OH is 3. The lowest BCUT2D eigenvalue weighted by molar-refractivity contribution is -0.0508. The maximum Gasteiger partial charge on any atom is 0.213 e. The van der Waals surface area contributed by atoms with Crippen LogP contribution in [0.25, 0.3) is 22.4 Å². The fourth-order valence-corrected chi connectivity index (χ4v) is 3.13. The molecule has 1 aliphatic heterocycles. The molecule has 132 valence electrons. The summed E-state index contributed by atoms with van der Waals surface area (Å²) in [5.41, 5.74) is 6.94. The molecule has 12 heteroatoms. The Morgan fingerprint density at radius 1 is 1.28 bits per heavy atom. The molecular formula is C13H15N7O4S. The van der Waals surface area contributed by atoms with E-state index in [1.54, 1.807) is 6.20 Å². The van der Waals surface area contributed by atoms with Crippen molar-refractivity contribution in [3.8, 4) is 11.4 Å². The van der Waals surface area contributed by atoms with Crippen LogP contribution >= 0.6 is 12.2 Å². The third-order valence-corrected chi connectivity index (χ3v) is 4.38. The fourth-order valence-electron chi connectivity index (χ4n) is 2.99. The minimum absolute atomic E-state index is 0.216. The molecule has 0 amide bonds. The van der Waals surface area contributed by atoms with E-state index in [9.17, 15) is 15.3 Å². The third kappa shape index (κ3) is 2.42. The monoisotopic (exact) mass is 365 g/mol. The number of hydrogen-bond donors (Lipinski definition) is 6. The van der Waals surface area contributed by atoms with E-state index >= 15 is 0 Å². The number of nitrogen functional groups attached to an aromatic ring is 1. The summed E-state index contributed by atoms with van der Waals surface area (Å²) in [6.07, 6.45) is -1.44. The normalized spacial score (nSPS) is 26.5. The first-order valence-electron chi connectivity index (χ1n) is 7.39. The van der Waals surface area contributed by atoms with Crippen LogP contribution in [0.2, 0.25) is 0 Å². The molecule has 1 fully saturated rings. The predicted octanol–water partition coefficient (Wildman–Crippen LogP) is -0.927. The van der Waals surface area contributed by atoms with Gasteiger partial charge in [-0.3, -0.25) is 10.2 Å². The fraction of sp³-hybridized carbons (Fsp3) is 0.385. The Balaban J connectivity index is 1.91. The molecule has 3 aromatic heterocycles. The number of nitrogens with zero attached hydrogens (tertiary/aromatic N) is 4. The summed E-state index contributed by atoms with van der Waals surface area (Å²) in [5, 5.41) is 35.6. The molecule has 0 spiro atoms. The Kier molecular flexibility index (Phi) is 3.77. The van der Waals surface area contributed by atoms with E-state index in [1.807, 2.05) is 0 Å². The number of aliphatic hydroxyl groups is 3. The van der Waals surface area contributed by atoms with Gasteiger partial charge < -0.3 is 30.4 Å². The second kappa shape index (κ2) is 5.86. The van der Waals surface area contributed by atoms with Crippen molar-refractivity contribution in [3.05, 3.63) is 17.3 Å². The molecule has 0 bridgehead atoms. The summed E-state index contributed by atoms with van der Waals surface area (Å²) in [6, 6.07) is 0. The molecule has 4 atom stereocenters. The van der Waals surface area contributed by atoms with Crippen molar-refractivity contribution in [1.82, 2.24) is 29.7 Å². The SMILES string of the molecule is Nc1ncnc2c1c(-c1nc(=S)[nH][nH]1)cn2[C@@H]1O[C@H](CO)[C@@H](O)[C@H]1O. The van der Waals surface area contributed by atoms with Gasteiger partial charge in [-0.25, -0.2) is 9.97 Å². The first-order chi connectivity index (χ1) is 12.0. The summed E-state index contributed by atoms with van der Waals surface area (Å²) in [4.78, 5) is 12.4. The van der Waals surface area contributed by atoms with Crippen molar-refractivity contribution in [3.63, 3.8) is 0 Å². The number of anilines is 1. The highest BCUT2D eigenvalue weighted by molar-refractivity contribution is 7.71. The van der Waals surface area contributed by atoms with Crippen molar-refractivity contribution >= 4 is 29.1 Å². The quantitative estimate of drug-likeness (QED) is 0.321. The molecule has 0 aromatic carbocycles. The van der Waals surface area contributed by atoms with Crippen molar-refractivity contribution in [2.75, 3.05) is 12.3 Å². The van der Waals surface area contributed by atoms with E-state index in [0.717, 1.165) is 0 Å². The zero-order valence-electron chi connectivity index (χ0n) is 12.7. The summed E-state index contributed by atoms with van der Waals surface area (Å²) in [7, 11) is 0. The second-order valence-corrected chi connectivity index (χ2v) is 6.04. The van der Waals surface area contributed by atoms with Gasteiger partial charge >= 0.3 is 0 Å². The van der Waals surface area contributed by atoms with E-state index in [4.69, 9.17) is 22.7 Å². The lowest BCUT2D eigenvalue weighted by Crippen LogP contribution is -2.33. The zero-order valence-corrected chi connectivity index (χ0v) is 13.5. The molecule has 3 aromatic rings. The molecular weight excluding hydrogens is 350 g/mol. The molecule has 0 radical (unpaired) electrons. The van der Waals surface area contributed by atoms with Crippen LogP contribution in [0.15, 0.2) is 12.5 Å². The van der Waals surface area contributed by atoms with E-state index in [-0.39, 0.29) is 10.6 Å². The molecule has 1 saturated heterocycles. The van der Waals surface area contributed by atoms with E-state index in [1.165, 1.54) is 10.9 Å². The first-order valence-corrected chi connectivity index (χ1v) is 7.80. The van der Waals surface area contributed by atoms with Crippen molar-refractivity contribution in [2.24, 2.45) is 0 Å². The largest absolute Gasteiger partial charge is 0.394 e. The highest BCUT2D eigenvalue weighted by Crippen LogP contribution is 2.37. The molecule has 11 nitrogen and oxygen atoms in total. The number of H-pyrrole nitrogens is 2. The average Bonchev–Trinajstić information content (AvgIpc) is 3.26. The lowest BCUT2D eigenvalue weighted by Gasteiger charge is -2.17. The predicted molar refractivity (Wildman–Crippen MR) is 87.7 cm³/mol. The van der Waals surface area contributed by atoms with Gasteiger partial charge in [-0.1, -0.05) is 0 Å². The molecule has 25 heavy (non-hydrogen) atoms. The number of nitrogens with two attached hydrogens (primary N) is 1. The van der Waals surface area contributed by atoms with Gasteiger partial charge in [0.1, 0.15) is 36.1 Å². The van der Waals surface area contributed by atoms with Crippen LogP contribution in [0.4, 0.5) is 5.82 Å². The maximum atomic E-state index is 10.3. The average molecular weight is 365 g/mol. The molecule has 4 rings (SSSR count). The number of ether oxygens (including phenoxy) is 1. The van der Waals surface area contributed by atoms with Crippen LogP contribution in [-0.4, -0.2) is 70.0 Å². The Morgan fingerprint density at radius 3 is 2.72 bits per heavy atom. The molecule has 0 saturated carbocycles. The number of hydrogen-bond acceptors (Lipinski definition) is 9. The lowest BCUT2D eigenvalue weighted by atomic mass is 10.1. The number of nitrogens with one attached hydrogen (secondary N) is 2. The highest BCUT2D eigenvalue weighted by atomic mass is 32.1. The van der Waals surface area contributed by atoms with Gasteiger partial charge in [0, 0.05) is 11.8 Å². The van der Waals surface area contributed by atoms with Gasteiger partial charge in [0.2, 0.25) is 4.77 Å². The second-order valence-electron chi connectivity index (χ2n) is 5.65. The van der Waals surface area contributed by atoms with Gasteiger partial charge in [0.15, 0.2) is 12.1 Å². The summed E-state index contributed by atoms with van der Waals surface area (Å²) < 4.78 is 7.37. The van der Waals surface area contributed by atoms with Gasteiger partial charge in [0.05, 0.1) is 12.0 Å². The van der Waals surface area contributed by atoms with Gasteiger partial charge in [-0.05, 0) is 12.2 Å². The Labute approximate surface area is 145 Å². The van der Waals surface area contributed by atoms with Crippen LogP contribution in [0.3, 0.4) is 0 Å². The molecule has 7 N–H and O–H groups in total. The highest BCUT2D eigenvalue weighted by Gasteiger charge is 2.44. The number of aromatic nitrogens is 6. The minimum Gasteiger partial charge on any atom is -0.394 e. The van der Waals surface area contributed by atoms with Crippen LogP contribution in [-0.2, 0) is 4.74 Å². The van der Waals surface area contributed by atoms with E-state index in [0.29, 0.717) is 22.4 Å². The summed E-state index contributed by atoms with van der Waals surface area (Å²) >= 11 is 4.98. The Bertz CT molecular complexity index is 982. The Morgan fingerprint density at radius 2 is 2.08 bits per heavy atom. The van der Waals surface area contributed by atoms with E-state index in [2.05, 4.69) is 25.1 Å². The van der Waals surface area contributed by atoms with Crippen LogP contribution < -0.4 is 5.73 Å². The zero-order chi connectivity index (χ0) is 17.7. The van der Waals surface area contributed by atoms with E-state index < -0.39 is 31.1 Å². The topological polar surface area (TPSA) is 171 Å². The van der Waals surface area contributed by atoms with Crippen molar-refractivity contribution in [2.45, 2.75) is 24.5 Å². The maximum absolute atomic E-state index is 10.3. The van der Waals surface area contributed by atoms with Crippen molar-refractivity contribution < 1.29 is 20.1 Å². The summed E-state index contributed by atoms with van der Waals surface area (Å²) in [5.74, 6) is 0.634. The summed E-state index contributed by atoms with van der Waals surface area (Å²) in [6.45, 7) is -0.426. The van der Waals surface area contributed by atoms with Gasteiger partial charge in [-0.15, -0.1) is 0 Å². The smallest absolute Gasteiger partial charge is 0.213 e. The number of rotatable bonds is 3. The van der Waals surface area contributed by atoms with Gasteiger partial charge in [0.25, 0.3) is 0 Å². The van der Waals surface area contributed by atoms with Crippen LogP contribution in [0, 0.1) is 4.77 Å². The minimum atomic E-state index is -1.26. The van der Waals surface area contributed by atoms with Crippen molar-refractivity contribution in [1.29, 1.82) is 0 Å². The first kappa shape index (κ1) is 16.1. The molecule has 4 heterocycles. The standard InChI is InChI=1S/C13H15N7O4S/c14-9-6-4(10-17-13(25)19-18-10)1-20(11(6)16-3-15-9)12-8(23)7(22)5(2-21)24-12/h1,3,5,7-8,12,21-23H,2H2,(H2,14,15,16)(H2,17,18,19,25)/t5-,7-,8-,12-/m1/s1. The third-order valence-electron chi connectivity index (χ3n) is 4.19. The van der Waals surface area contributed by atoms with Gasteiger partial charge in [-0.2, -0.15) is 4.98 Å². The molecule has 1 aliphatic rings. The number of fused-ring (bicyclic) bond motifs is 1. The van der Waals surface area contributed by atoms with Crippen LogP contribution in [0.1, 0.15) is 6.23 Å². The molecule has 0 aliphatic carbocycles. The number of aromatic amines is 2. The van der Waals surface area contributed by atoms with Crippen LogP contribution in [0.5, 0.6) is 0 Å².